The van der Waals surface area contributed by atoms with Crippen LogP contribution in [0.5, 0.6) is 0 Å². The van der Waals surface area contributed by atoms with Crippen LogP contribution in [0.3, 0.4) is 0 Å². The lowest BCUT2D eigenvalue weighted by molar-refractivity contribution is -0.385. The van der Waals surface area contributed by atoms with Crippen LogP contribution >= 0.6 is 0 Å². The van der Waals surface area contributed by atoms with E-state index in [2.05, 4.69) is 5.32 Å². The number of likely N-dealkylation sites (N-methyl/N-ethyl adjacent to an activating group) is 1. The highest BCUT2D eigenvalue weighted by Crippen LogP contribution is 2.16. The highest BCUT2D eigenvalue weighted by atomic mass is 19.1. The minimum absolute atomic E-state index is 0.171. The zero-order chi connectivity index (χ0) is 12.7. The molecule has 6 heteroatoms. The van der Waals surface area contributed by atoms with Gasteiger partial charge >= 0.3 is 0 Å². The molecular weight excluding hydrogens is 227 g/mol. The maximum Gasteiger partial charge on any atom is 0.272 e. The van der Waals surface area contributed by atoms with Gasteiger partial charge in [-0.1, -0.05) is 6.92 Å². The van der Waals surface area contributed by atoms with Gasteiger partial charge in [0.2, 0.25) is 0 Å². The fourth-order valence-corrected chi connectivity index (χ4v) is 1.33. The van der Waals surface area contributed by atoms with E-state index < -0.39 is 10.7 Å². The Balaban J connectivity index is 2.50. The van der Waals surface area contributed by atoms with E-state index in [0.29, 0.717) is 18.7 Å². The number of hydrogen-bond acceptors (Lipinski definition) is 4. The smallest absolute Gasteiger partial charge is 0.272 e. The SMILES string of the molecule is CCNCCOCc1cc(F)cc([N+](=O)[O-])c1. The van der Waals surface area contributed by atoms with Crippen molar-refractivity contribution in [3.8, 4) is 0 Å². The van der Waals surface area contributed by atoms with Crippen LogP contribution in [0, 0.1) is 15.9 Å². The molecule has 0 amide bonds. The maximum absolute atomic E-state index is 13.0. The first-order valence-corrected chi connectivity index (χ1v) is 5.35. The summed E-state index contributed by atoms with van der Waals surface area (Å²) in [5.74, 6) is -0.621. The number of nitrogens with zero attached hydrogens (tertiary/aromatic N) is 1. The van der Waals surface area contributed by atoms with Crippen LogP contribution in [0.25, 0.3) is 0 Å². The Morgan fingerprint density at radius 1 is 1.47 bits per heavy atom. The molecule has 0 saturated heterocycles. The van der Waals surface area contributed by atoms with Gasteiger partial charge in [-0.15, -0.1) is 0 Å². The third-order valence-corrected chi connectivity index (χ3v) is 2.10. The number of non-ortho nitro benzene ring substituents is 1. The number of nitro benzene ring substituents is 1. The van der Waals surface area contributed by atoms with E-state index in [1.54, 1.807) is 0 Å². The Bertz CT molecular complexity index is 385. The molecule has 0 fully saturated rings. The van der Waals surface area contributed by atoms with E-state index in [9.17, 15) is 14.5 Å². The zero-order valence-corrected chi connectivity index (χ0v) is 9.61. The van der Waals surface area contributed by atoms with Crippen LogP contribution in [0.2, 0.25) is 0 Å². The van der Waals surface area contributed by atoms with Crippen LogP contribution in [0.1, 0.15) is 12.5 Å². The van der Waals surface area contributed by atoms with Crippen molar-refractivity contribution >= 4 is 5.69 Å². The van der Waals surface area contributed by atoms with E-state index in [4.69, 9.17) is 4.74 Å². The van der Waals surface area contributed by atoms with Crippen LogP contribution in [0.15, 0.2) is 18.2 Å². The highest BCUT2D eigenvalue weighted by molar-refractivity contribution is 5.34. The molecule has 0 unspecified atom stereocenters. The first kappa shape index (κ1) is 13.5. The van der Waals surface area contributed by atoms with Gasteiger partial charge in [-0.2, -0.15) is 0 Å². The van der Waals surface area contributed by atoms with Gasteiger partial charge in [0.05, 0.1) is 24.2 Å². The van der Waals surface area contributed by atoms with E-state index in [-0.39, 0.29) is 12.3 Å². The summed E-state index contributed by atoms with van der Waals surface area (Å²) >= 11 is 0. The summed E-state index contributed by atoms with van der Waals surface area (Å²) in [5, 5.41) is 13.6. The van der Waals surface area contributed by atoms with Crippen molar-refractivity contribution in [1.82, 2.24) is 5.32 Å². The standard InChI is InChI=1S/C11H15FN2O3/c1-2-13-3-4-17-8-9-5-10(12)7-11(6-9)14(15)16/h5-7,13H,2-4,8H2,1H3. The molecule has 0 aliphatic carbocycles. The van der Waals surface area contributed by atoms with Crippen LogP contribution in [-0.4, -0.2) is 24.6 Å². The van der Waals surface area contributed by atoms with Crippen LogP contribution in [0.4, 0.5) is 10.1 Å². The zero-order valence-electron chi connectivity index (χ0n) is 9.61. The largest absolute Gasteiger partial charge is 0.375 e. The van der Waals surface area contributed by atoms with Gasteiger partial charge in [0.25, 0.3) is 5.69 Å². The highest BCUT2D eigenvalue weighted by Gasteiger charge is 2.09. The predicted octanol–water partition coefficient (Wildman–Crippen LogP) is 1.86. The normalized spacial score (nSPS) is 10.5. The molecule has 0 saturated carbocycles. The topological polar surface area (TPSA) is 64.4 Å². The summed E-state index contributed by atoms with van der Waals surface area (Å²) in [6.07, 6.45) is 0. The predicted molar refractivity (Wildman–Crippen MR) is 61.3 cm³/mol. The first-order chi connectivity index (χ1) is 8.13. The van der Waals surface area contributed by atoms with Gasteiger partial charge in [0, 0.05) is 12.6 Å². The number of benzene rings is 1. The van der Waals surface area contributed by atoms with Crippen molar-refractivity contribution in [3.63, 3.8) is 0 Å². The molecule has 94 valence electrons. The molecule has 0 radical (unpaired) electrons. The molecule has 0 bridgehead atoms. The van der Waals surface area contributed by atoms with Crippen molar-refractivity contribution < 1.29 is 14.1 Å². The Hall–Kier alpha value is -1.53. The Morgan fingerprint density at radius 3 is 2.88 bits per heavy atom. The molecule has 1 aromatic rings. The van der Waals surface area contributed by atoms with Crippen LogP contribution in [-0.2, 0) is 11.3 Å². The molecule has 17 heavy (non-hydrogen) atoms. The molecule has 5 nitrogen and oxygen atoms in total. The molecule has 0 aromatic heterocycles. The Labute approximate surface area is 98.7 Å². The number of halogens is 1. The van der Waals surface area contributed by atoms with Gasteiger partial charge in [-0.3, -0.25) is 10.1 Å². The quantitative estimate of drug-likeness (QED) is 0.450. The molecule has 1 N–H and O–H groups in total. The van der Waals surface area contributed by atoms with Gasteiger partial charge in [-0.05, 0) is 18.2 Å². The molecule has 0 aliphatic rings. The minimum Gasteiger partial charge on any atom is -0.375 e. The van der Waals surface area contributed by atoms with Crippen molar-refractivity contribution in [3.05, 3.63) is 39.7 Å². The second-order valence-corrected chi connectivity index (χ2v) is 3.48. The average Bonchev–Trinajstić information content (AvgIpc) is 2.28. The van der Waals surface area contributed by atoms with E-state index in [0.717, 1.165) is 12.6 Å². The third kappa shape index (κ3) is 4.88. The second kappa shape index (κ2) is 6.93. The maximum atomic E-state index is 13.0. The number of nitrogens with one attached hydrogen (secondary N) is 1. The van der Waals surface area contributed by atoms with Gasteiger partial charge in [0.15, 0.2) is 0 Å². The lowest BCUT2D eigenvalue weighted by atomic mass is 10.2. The number of hydrogen-bond donors (Lipinski definition) is 1. The lowest BCUT2D eigenvalue weighted by Crippen LogP contribution is -2.18. The van der Waals surface area contributed by atoms with Crippen molar-refractivity contribution in [2.45, 2.75) is 13.5 Å². The number of rotatable bonds is 7. The summed E-state index contributed by atoms with van der Waals surface area (Å²) in [5.41, 5.74) is 0.212. The first-order valence-electron chi connectivity index (χ1n) is 5.35. The summed E-state index contributed by atoms with van der Waals surface area (Å²) < 4.78 is 18.3. The molecule has 1 rings (SSSR count). The summed E-state index contributed by atoms with van der Waals surface area (Å²) in [6, 6.07) is 3.44. The fraction of sp³-hybridized carbons (Fsp3) is 0.455. The van der Waals surface area contributed by atoms with E-state index >= 15 is 0 Å². The Morgan fingerprint density at radius 2 is 2.24 bits per heavy atom. The van der Waals surface area contributed by atoms with E-state index in [1.807, 2.05) is 6.92 Å². The molecule has 0 spiro atoms. The third-order valence-electron chi connectivity index (χ3n) is 2.10. The molecule has 0 aliphatic heterocycles. The monoisotopic (exact) mass is 242 g/mol. The summed E-state index contributed by atoms with van der Waals surface area (Å²) in [6.45, 7) is 4.20. The summed E-state index contributed by atoms with van der Waals surface area (Å²) in [4.78, 5) is 9.89. The van der Waals surface area contributed by atoms with Crippen molar-refractivity contribution in [2.24, 2.45) is 0 Å². The molecule has 0 atom stereocenters. The second-order valence-electron chi connectivity index (χ2n) is 3.48. The van der Waals surface area contributed by atoms with Gasteiger partial charge in [-0.25, -0.2) is 4.39 Å². The lowest BCUT2D eigenvalue weighted by Gasteiger charge is -2.05. The Kier molecular flexibility index (Phi) is 5.51. The number of ether oxygens (including phenoxy) is 1. The van der Waals surface area contributed by atoms with Gasteiger partial charge in [0.1, 0.15) is 5.82 Å². The van der Waals surface area contributed by atoms with Crippen molar-refractivity contribution in [1.29, 1.82) is 0 Å². The average molecular weight is 242 g/mol. The van der Waals surface area contributed by atoms with Gasteiger partial charge < -0.3 is 10.1 Å². The number of nitro groups is 1. The minimum atomic E-state index is -0.621. The molecule has 0 heterocycles. The molecule has 1 aromatic carbocycles. The van der Waals surface area contributed by atoms with E-state index in [1.165, 1.54) is 12.1 Å². The summed E-state index contributed by atoms with van der Waals surface area (Å²) in [7, 11) is 0. The van der Waals surface area contributed by atoms with Crippen molar-refractivity contribution in [2.75, 3.05) is 19.7 Å². The van der Waals surface area contributed by atoms with Crippen LogP contribution < -0.4 is 5.32 Å². The fourth-order valence-electron chi connectivity index (χ4n) is 1.33. The molecular formula is C11H15FN2O3.